The van der Waals surface area contributed by atoms with Gasteiger partial charge in [0, 0.05) is 38.8 Å². The van der Waals surface area contributed by atoms with Crippen molar-refractivity contribution in [2.45, 2.75) is 19.3 Å². The quantitative estimate of drug-likeness (QED) is 0.177. The van der Waals surface area contributed by atoms with Crippen LogP contribution in [0.25, 0.3) is 76.9 Å². The Morgan fingerprint density at radius 2 is 0.927 bits per heavy atom. The third-order valence-electron chi connectivity index (χ3n) is 11.8. The monoisotopic (exact) mass is 703 g/mol. The van der Waals surface area contributed by atoms with E-state index in [1.54, 1.807) is 0 Å². The molecule has 9 aromatic carbocycles. The molecule has 260 valence electrons. The molecule has 0 unspecified atom stereocenters. The van der Waals surface area contributed by atoms with Gasteiger partial charge in [-0.3, -0.25) is 0 Å². The molecule has 2 nitrogen and oxygen atoms in total. The smallest absolute Gasteiger partial charge is 0.140 e. The number of anilines is 3. The first-order valence-electron chi connectivity index (χ1n) is 19.1. The minimum atomic E-state index is -0.159. The summed E-state index contributed by atoms with van der Waals surface area (Å²) in [6.45, 7) is 4.64. The molecule has 1 aromatic heterocycles. The Morgan fingerprint density at radius 3 is 1.55 bits per heavy atom. The molecule has 0 spiro atoms. The standard InChI is InChI=1S/C53H37NO/c1-53(2)49-14-8-7-13-45(49)46-28-29-47-48-33-44(27-30-50(48)55-52(47)51(46)53)54(42-23-19-36(20-24-42)40-17-15-34-9-3-5-11-38(34)31-40)43-25-21-37(22-26-43)41-18-16-35-10-4-6-12-39(35)32-41/h3-33H,1-2H3. The van der Waals surface area contributed by atoms with Gasteiger partial charge in [0.2, 0.25) is 0 Å². The van der Waals surface area contributed by atoms with Crippen LogP contribution in [0.3, 0.4) is 0 Å². The van der Waals surface area contributed by atoms with Crippen molar-refractivity contribution in [2.24, 2.45) is 0 Å². The maximum Gasteiger partial charge on any atom is 0.140 e. The highest BCUT2D eigenvalue weighted by Crippen LogP contribution is 2.53. The number of furan rings is 1. The van der Waals surface area contributed by atoms with Crippen LogP contribution in [0, 0.1) is 0 Å². The van der Waals surface area contributed by atoms with Gasteiger partial charge < -0.3 is 9.32 Å². The van der Waals surface area contributed by atoms with E-state index in [0.29, 0.717) is 0 Å². The number of hydrogen-bond acceptors (Lipinski definition) is 2. The molecule has 0 amide bonds. The van der Waals surface area contributed by atoms with E-state index in [-0.39, 0.29) is 5.41 Å². The molecule has 11 rings (SSSR count). The fraction of sp³-hybridized carbons (Fsp3) is 0.0566. The van der Waals surface area contributed by atoms with E-state index in [1.807, 2.05) is 0 Å². The zero-order valence-electron chi connectivity index (χ0n) is 30.8. The Labute approximate surface area is 320 Å². The molecule has 1 aliphatic carbocycles. The van der Waals surface area contributed by atoms with Crippen molar-refractivity contribution in [3.63, 3.8) is 0 Å². The first kappa shape index (κ1) is 31.6. The van der Waals surface area contributed by atoms with Crippen LogP contribution in [0.2, 0.25) is 0 Å². The van der Waals surface area contributed by atoms with Crippen molar-refractivity contribution in [3.05, 3.63) is 199 Å². The molecule has 0 aliphatic heterocycles. The second-order valence-corrected chi connectivity index (χ2v) is 15.4. The molecule has 0 radical (unpaired) electrons. The molecule has 55 heavy (non-hydrogen) atoms. The molecule has 0 N–H and O–H groups in total. The SMILES string of the molecule is CC1(C)c2ccccc2-c2ccc3c(oc4ccc(N(c5ccc(-c6ccc7ccccc7c6)cc5)c5ccc(-c6ccc7ccccc7c6)cc5)cc43)c21. The molecule has 0 saturated heterocycles. The van der Waals surface area contributed by atoms with Crippen LogP contribution in [-0.4, -0.2) is 0 Å². The summed E-state index contributed by atoms with van der Waals surface area (Å²) in [5.74, 6) is 0. The predicted molar refractivity (Wildman–Crippen MR) is 232 cm³/mol. The molecule has 1 aliphatic rings. The van der Waals surface area contributed by atoms with Gasteiger partial charge in [0.05, 0.1) is 0 Å². The highest BCUT2D eigenvalue weighted by molar-refractivity contribution is 6.10. The molecule has 2 heteroatoms. The molecule has 10 aromatic rings. The van der Waals surface area contributed by atoms with Crippen molar-refractivity contribution >= 4 is 60.5 Å². The fourth-order valence-corrected chi connectivity index (χ4v) is 9.00. The highest BCUT2D eigenvalue weighted by atomic mass is 16.3. The largest absolute Gasteiger partial charge is 0.456 e. The van der Waals surface area contributed by atoms with Crippen molar-refractivity contribution in [1.29, 1.82) is 0 Å². The molecule has 0 atom stereocenters. The number of fused-ring (bicyclic) bond motifs is 9. The van der Waals surface area contributed by atoms with Crippen molar-refractivity contribution in [3.8, 4) is 33.4 Å². The van der Waals surface area contributed by atoms with Crippen molar-refractivity contribution < 1.29 is 4.42 Å². The molecular weight excluding hydrogens is 667 g/mol. The van der Waals surface area contributed by atoms with E-state index in [1.165, 1.54) is 66.1 Å². The minimum absolute atomic E-state index is 0.159. The van der Waals surface area contributed by atoms with E-state index in [4.69, 9.17) is 4.42 Å². The third kappa shape index (κ3) is 5.02. The van der Waals surface area contributed by atoms with Gasteiger partial charge in [0.1, 0.15) is 11.2 Å². The summed E-state index contributed by atoms with van der Waals surface area (Å²) in [4.78, 5) is 2.36. The maximum absolute atomic E-state index is 6.78. The zero-order chi connectivity index (χ0) is 36.7. The van der Waals surface area contributed by atoms with Crippen LogP contribution in [0.5, 0.6) is 0 Å². The number of benzene rings is 9. The number of hydrogen-bond donors (Lipinski definition) is 0. The van der Waals surface area contributed by atoms with Gasteiger partial charge >= 0.3 is 0 Å². The highest BCUT2D eigenvalue weighted by Gasteiger charge is 2.38. The summed E-state index contributed by atoms with van der Waals surface area (Å²) in [6.07, 6.45) is 0. The normalized spacial score (nSPS) is 13.1. The van der Waals surface area contributed by atoms with E-state index in [9.17, 15) is 0 Å². The van der Waals surface area contributed by atoms with Gasteiger partial charge in [-0.25, -0.2) is 0 Å². The summed E-state index contributed by atoms with van der Waals surface area (Å²) in [5.41, 5.74) is 15.0. The number of rotatable bonds is 5. The van der Waals surface area contributed by atoms with Gasteiger partial charge in [-0.05, 0) is 121 Å². The predicted octanol–water partition coefficient (Wildman–Crippen LogP) is 15.0. The fourth-order valence-electron chi connectivity index (χ4n) is 9.00. The lowest BCUT2D eigenvalue weighted by atomic mass is 9.82. The topological polar surface area (TPSA) is 16.4 Å². The van der Waals surface area contributed by atoms with Gasteiger partial charge in [-0.15, -0.1) is 0 Å². The van der Waals surface area contributed by atoms with Gasteiger partial charge in [0.15, 0.2) is 0 Å². The van der Waals surface area contributed by atoms with Crippen LogP contribution < -0.4 is 4.90 Å². The Balaban J connectivity index is 1.04. The Hall–Kier alpha value is -6.90. The summed E-state index contributed by atoms with van der Waals surface area (Å²) >= 11 is 0. The van der Waals surface area contributed by atoms with Crippen molar-refractivity contribution in [2.75, 3.05) is 4.90 Å². The van der Waals surface area contributed by atoms with Gasteiger partial charge in [0.25, 0.3) is 0 Å². The average Bonchev–Trinajstić information content (AvgIpc) is 3.72. The molecule has 1 heterocycles. The second-order valence-electron chi connectivity index (χ2n) is 15.4. The Morgan fingerprint density at radius 1 is 0.400 bits per heavy atom. The van der Waals surface area contributed by atoms with Gasteiger partial charge in [-0.2, -0.15) is 0 Å². The lowest BCUT2D eigenvalue weighted by Crippen LogP contribution is -2.15. The minimum Gasteiger partial charge on any atom is -0.456 e. The van der Waals surface area contributed by atoms with Crippen LogP contribution >= 0.6 is 0 Å². The number of nitrogens with zero attached hydrogens (tertiary/aromatic N) is 1. The van der Waals surface area contributed by atoms with Crippen molar-refractivity contribution in [1.82, 2.24) is 0 Å². The van der Waals surface area contributed by atoms with Crippen LogP contribution in [-0.2, 0) is 5.41 Å². The Kier molecular flexibility index (Phi) is 6.93. The van der Waals surface area contributed by atoms with Crippen LogP contribution in [0.15, 0.2) is 192 Å². The van der Waals surface area contributed by atoms with Gasteiger partial charge in [-0.1, -0.05) is 141 Å². The molecule has 0 saturated carbocycles. The summed E-state index contributed by atoms with van der Waals surface area (Å²) in [5, 5.41) is 7.26. The van der Waals surface area contributed by atoms with Crippen LogP contribution in [0.1, 0.15) is 25.0 Å². The average molecular weight is 704 g/mol. The third-order valence-corrected chi connectivity index (χ3v) is 11.8. The lowest BCUT2D eigenvalue weighted by molar-refractivity contribution is 0.620. The molecule has 0 bridgehead atoms. The second kappa shape index (κ2) is 12.1. The van der Waals surface area contributed by atoms with E-state index in [2.05, 4.69) is 207 Å². The molecule has 0 fully saturated rings. The Bertz CT molecular complexity index is 2990. The summed E-state index contributed by atoms with van der Waals surface area (Å²) < 4.78 is 6.78. The maximum atomic E-state index is 6.78. The van der Waals surface area contributed by atoms with Crippen LogP contribution in [0.4, 0.5) is 17.1 Å². The first-order valence-corrected chi connectivity index (χ1v) is 19.1. The van der Waals surface area contributed by atoms with E-state index in [0.717, 1.165) is 39.0 Å². The molecular formula is C53H37NO. The van der Waals surface area contributed by atoms with E-state index < -0.39 is 0 Å². The lowest BCUT2D eigenvalue weighted by Gasteiger charge is -2.26. The zero-order valence-corrected chi connectivity index (χ0v) is 30.8. The first-order chi connectivity index (χ1) is 27.0. The summed E-state index contributed by atoms with van der Waals surface area (Å²) in [7, 11) is 0. The van der Waals surface area contributed by atoms with E-state index >= 15 is 0 Å². The summed E-state index contributed by atoms with van der Waals surface area (Å²) in [6, 6.07) is 68.4.